The molecule has 2 aliphatic rings. The summed E-state index contributed by atoms with van der Waals surface area (Å²) in [6, 6.07) is 2.78. The van der Waals surface area contributed by atoms with Crippen LogP contribution in [0.5, 0.6) is 0 Å². The summed E-state index contributed by atoms with van der Waals surface area (Å²) in [5.41, 5.74) is 0.620. The summed E-state index contributed by atoms with van der Waals surface area (Å²) in [6.45, 7) is 1.48. The van der Waals surface area contributed by atoms with E-state index in [9.17, 15) is 18.0 Å². The third-order valence-corrected chi connectivity index (χ3v) is 6.45. The minimum atomic E-state index is -3.06. The predicted molar refractivity (Wildman–Crippen MR) is 88.5 cm³/mol. The van der Waals surface area contributed by atoms with Crippen LogP contribution in [0, 0.1) is 0 Å². The van der Waals surface area contributed by atoms with Crippen molar-refractivity contribution in [1.82, 2.24) is 14.8 Å². The van der Waals surface area contributed by atoms with Crippen LogP contribution < -0.4 is 0 Å². The smallest absolute Gasteiger partial charge is 0.272 e. The van der Waals surface area contributed by atoms with E-state index >= 15 is 0 Å². The Morgan fingerprint density at radius 2 is 2.00 bits per heavy atom. The molecule has 2 aliphatic heterocycles. The Hall–Kier alpha value is -1.96. The van der Waals surface area contributed by atoms with Crippen LogP contribution in [0.15, 0.2) is 18.3 Å². The molecule has 1 atom stereocenters. The molecule has 0 aliphatic carbocycles. The number of hydrogen-bond acceptors (Lipinski definition) is 5. The Morgan fingerprint density at radius 3 is 2.62 bits per heavy atom. The van der Waals surface area contributed by atoms with E-state index in [4.69, 9.17) is 0 Å². The molecule has 0 saturated carbocycles. The highest BCUT2D eigenvalue weighted by atomic mass is 32.2. The van der Waals surface area contributed by atoms with Crippen LogP contribution in [0.3, 0.4) is 0 Å². The van der Waals surface area contributed by atoms with Gasteiger partial charge in [0, 0.05) is 37.9 Å². The molecule has 2 saturated heterocycles. The normalized spacial score (nSPS) is 22.5. The molecule has 0 spiro atoms. The van der Waals surface area contributed by atoms with Crippen LogP contribution in [-0.4, -0.2) is 72.7 Å². The summed E-state index contributed by atoms with van der Waals surface area (Å²) in [5.74, 6) is -0.346. The van der Waals surface area contributed by atoms with Gasteiger partial charge in [-0.1, -0.05) is 0 Å². The summed E-state index contributed by atoms with van der Waals surface area (Å²) < 4.78 is 23.2. The third-order valence-electron chi connectivity index (χ3n) is 4.70. The maximum Gasteiger partial charge on any atom is 0.272 e. The van der Waals surface area contributed by atoms with E-state index in [-0.39, 0.29) is 35.1 Å². The topological polar surface area (TPSA) is 87.7 Å². The summed E-state index contributed by atoms with van der Waals surface area (Å²) in [7, 11) is -1.48. The third kappa shape index (κ3) is 3.43. The molecule has 0 radical (unpaired) electrons. The highest BCUT2D eigenvalue weighted by Gasteiger charge is 2.33. The van der Waals surface area contributed by atoms with E-state index in [2.05, 4.69) is 4.98 Å². The van der Waals surface area contributed by atoms with Crippen molar-refractivity contribution >= 4 is 21.7 Å². The van der Waals surface area contributed by atoms with E-state index in [1.54, 1.807) is 18.0 Å². The first-order valence-corrected chi connectivity index (χ1v) is 9.92. The number of hydrogen-bond donors (Lipinski definition) is 0. The molecule has 0 aromatic carbocycles. The minimum Gasteiger partial charge on any atom is -0.339 e. The van der Waals surface area contributed by atoms with Crippen molar-refractivity contribution in [2.45, 2.75) is 25.3 Å². The van der Waals surface area contributed by atoms with Crippen LogP contribution in [0.2, 0.25) is 0 Å². The van der Waals surface area contributed by atoms with Crippen LogP contribution in [0.1, 0.15) is 40.1 Å². The number of nitrogens with zero attached hydrogens (tertiary/aromatic N) is 3. The molecule has 8 heteroatoms. The number of aromatic nitrogens is 1. The lowest BCUT2D eigenvalue weighted by molar-refractivity contribution is 0.0741. The van der Waals surface area contributed by atoms with Gasteiger partial charge in [-0.3, -0.25) is 14.6 Å². The standard InChI is InChI=1S/C16H21N3O4S/c1-18(13-5-9-24(22,23)11-13)16(21)14-10-12(4-6-17-14)15(20)19-7-2-3-8-19/h4,6,10,13H,2-3,5,7-9,11H2,1H3. The molecule has 1 aromatic heterocycles. The zero-order chi connectivity index (χ0) is 17.3. The van der Waals surface area contributed by atoms with Gasteiger partial charge in [-0.15, -0.1) is 0 Å². The van der Waals surface area contributed by atoms with Crippen molar-refractivity contribution in [2.75, 3.05) is 31.6 Å². The lowest BCUT2D eigenvalue weighted by Gasteiger charge is -2.23. The van der Waals surface area contributed by atoms with Crippen molar-refractivity contribution in [3.8, 4) is 0 Å². The average Bonchev–Trinajstić information content (AvgIpc) is 3.22. The van der Waals surface area contributed by atoms with Gasteiger partial charge in [0.2, 0.25) is 0 Å². The number of rotatable bonds is 3. The molecule has 130 valence electrons. The van der Waals surface area contributed by atoms with Crippen molar-refractivity contribution < 1.29 is 18.0 Å². The SMILES string of the molecule is CN(C(=O)c1cc(C(=O)N2CCCC2)ccn1)C1CCS(=O)(=O)C1. The molecule has 0 bridgehead atoms. The number of sulfone groups is 1. The summed E-state index contributed by atoms with van der Waals surface area (Å²) in [6.07, 6.45) is 3.90. The second kappa shape index (κ2) is 6.51. The van der Waals surface area contributed by atoms with E-state index in [0.717, 1.165) is 25.9 Å². The molecule has 1 unspecified atom stereocenters. The van der Waals surface area contributed by atoms with E-state index in [1.807, 2.05) is 0 Å². The Morgan fingerprint density at radius 1 is 1.29 bits per heavy atom. The maximum absolute atomic E-state index is 12.6. The number of amides is 2. The highest BCUT2D eigenvalue weighted by Crippen LogP contribution is 2.19. The molecule has 2 amide bonds. The Kier molecular flexibility index (Phi) is 4.58. The fraction of sp³-hybridized carbons (Fsp3) is 0.562. The first-order valence-electron chi connectivity index (χ1n) is 8.10. The maximum atomic E-state index is 12.6. The monoisotopic (exact) mass is 351 g/mol. The van der Waals surface area contributed by atoms with Gasteiger partial charge in [0.1, 0.15) is 5.69 Å². The second-order valence-electron chi connectivity index (χ2n) is 6.40. The van der Waals surface area contributed by atoms with Gasteiger partial charge in [-0.05, 0) is 31.4 Å². The van der Waals surface area contributed by atoms with Gasteiger partial charge < -0.3 is 9.80 Å². The van der Waals surface area contributed by atoms with Gasteiger partial charge in [-0.25, -0.2) is 8.42 Å². The van der Waals surface area contributed by atoms with E-state index in [0.29, 0.717) is 12.0 Å². The molecule has 7 nitrogen and oxygen atoms in total. The number of carbonyl (C=O) groups excluding carboxylic acids is 2. The number of carbonyl (C=O) groups is 2. The van der Waals surface area contributed by atoms with Crippen molar-refractivity contribution in [3.63, 3.8) is 0 Å². The minimum absolute atomic E-state index is 0.0123. The van der Waals surface area contributed by atoms with Crippen LogP contribution in [-0.2, 0) is 9.84 Å². The van der Waals surface area contributed by atoms with Crippen LogP contribution in [0.4, 0.5) is 0 Å². The Bertz CT molecular complexity index is 756. The van der Waals surface area contributed by atoms with Gasteiger partial charge in [0.05, 0.1) is 11.5 Å². The number of pyridine rings is 1. The van der Waals surface area contributed by atoms with Gasteiger partial charge >= 0.3 is 0 Å². The molecule has 2 fully saturated rings. The lowest BCUT2D eigenvalue weighted by Crippen LogP contribution is -2.38. The lowest BCUT2D eigenvalue weighted by atomic mass is 10.1. The Labute approximate surface area is 141 Å². The van der Waals surface area contributed by atoms with Gasteiger partial charge in [0.15, 0.2) is 9.84 Å². The molecule has 1 aromatic rings. The van der Waals surface area contributed by atoms with Crippen molar-refractivity contribution in [2.24, 2.45) is 0 Å². The first kappa shape index (κ1) is 16.9. The molecule has 0 N–H and O–H groups in total. The van der Waals surface area contributed by atoms with E-state index in [1.165, 1.54) is 17.2 Å². The average molecular weight is 351 g/mol. The van der Waals surface area contributed by atoms with Crippen LogP contribution >= 0.6 is 0 Å². The number of likely N-dealkylation sites (tertiary alicyclic amines) is 1. The molecule has 3 rings (SSSR count). The zero-order valence-electron chi connectivity index (χ0n) is 13.6. The first-order chi connectivity index (χ1) is 11.4. The molecule has 24 heavy (non-hydrogen) atoms. The van der Waals surface area contributed by atoms with Crippen molar-refractivity contribution in [3.05, 3.63) is 29.6 Å². The van der Waals surface area contributed by atoms with Gasteiger partial charge in [-0.2, -0.15) is 0 Å². The predicted octanol–water partition coefficient (Wildman–Crippen LogP) is 0.577. The van der Waals surface area contributed by atoms with E-state index < -0.39 is 9.84 Å². The largest absolute Gasteiger partial charge is 0.339 e. The molecular weight excluding hydrogens is 330 g/mol. The van der Waals surface area contributed by atoms with Crippen LogP contribution in [0.25, 0.3) is 0 Å². The fourth-order valence-electron chi connectivity index (χ4n) is 3.21. The fourth-order valence-corrected chi connectivity index (χ4v) is 4.99. The summed E-state index contributed by atoms with van der Waals surface area (Å²) in [4.78, 5) is 32.3. The highest BCUT2D eigenvalue weighted by molar-refractivity contribution is 7.91. The molecular formula is C16H21N3O4S. The summed E-state index contributed by atoms with van der Waals surface area (Å²) >= 11 is 0. The van der Waals surface area contributed by atoms with Gasteiger partial charge in [0.25, 0.3) is 11.8 Å². The zero-order valence-corrected chi connectivity index (χ0v) is 14.5. The second-order valence-corrected chi connectivity index (χ2v) is 8.63. The quantitative estimate of drug-likeness (QED) is 0.795. The molecule has 3 heterocycles. The Balaban J connectivity index is 1.75. The summed E-state index contributed by atoms with van der Waals surface area (Å²) in [5, 5.41) is 0. The van der Waals surface area contributed by atoms with Crippen molar-refractivity contribution in [1.29, 1.82) is 0 Å².